The number of aryl methyl sites for hydroxylation is 1. The van der Waals surface area contributed by atoms with E-state index >= 15 is 0 Å². The third kappa shape index (κ3) is 5.55. The molecule has 0 saturated carbocycles. The van der Waals surface area contributed by atoms with Crippen LogP contribution in [0.15, 0.2) is 42.5 Å². The minimum absolute atomic E-state index is 0.0131. The van der Waals surface area contributed by atoms with Crippen LogP contribution >= 0.6 is 11.6 Å². The van der Waals surface area contributed by atoms with E-state index in [4.69, 9.17) is 16.3 Å². The summed E-state index contributed by atoms with van der Waals surface area (Å²) < 4.78 is 5.40. The number of nitrogens with one attached hydrogen (secondary N) is 2. The van der Waals surface area contributed by atoms with E-state index in [1.54, 1.807) is 7.11 Å². The molecule has 0 aromatic heterocycles. The predicted molar refractivity (Wildman–Crippen MR) is 96.5 cm³/mol. The van der Waals surface area contributed by atoms with Crippen molar-refractivity contribution in [3.05, 3.63) is 64.2 Å². The van der Waals surface area contributed by atoms with Crippen molar-refractivity contribution < 1.29 is 14.4 Å². The smallest absolute Gasteiger partial charge is 0.275 e. The van der Waals surface area contributed by atoms with Crippen LogP contribution in [0.1, 0.15) is 16.7 Å². The minimum Gasteiger partial charge on any atom is -0.496 e. The molecule has 0 aliphatic rings. The lowest BCUT2D eigenvalue weighted by atomic mass is 10.1. The van der Waals surface area contributed by atoms with E-state index in [2.05, 4.69) is 18.3 Å². The summed E-state index contributed by atoms with van der Waals surface area (Å²) in [6.45, 7) is 3.67. The van der Waals surface area contributed by atoms with Gasteiger partial charge in [0.2, 0.25) is 0 Å². The van der Waals surface area contributed by atoms with Crippen molar-refractivity contribution in [2.24, 2.45) is 0 Å². The SMILES string of the molecule is COc1ccc(C)cc1C[NH+](C)CC(=O)NCc1cccc(Cl)c1. The quantitative estimate of drug-likeness (QED) is 0.804. The van der Waals surface area contributed by atoms with E-state index < -0.39 is 0 Å². The Bertz CT molecular complexity index is 704. The summed E-state index contributed by atoms with van der Waals surface area (Å²) >= 11 is 5.95. The lowest BCUT2D eigenvalue weighted by Crippen LogP contribution is -3.08. The molecule has 0 heterocycles. The molecule has 1 atom stereocenters. The fourth-order valence-electron chi connectivity index (χ4n) is 2.62. The zero-order valence-electron chi connectivity index (χ0n) is 14.4. The van der Waals surface area contributed by atoms with Crippen molar-refractivity contribution in [2.75, 3.05) is 20.7 Å². The molecule has 0 saturated heterocycles. The number of carbonyl (C=O) groups excluding carboxylic acids is 1. The van der Waals surface area contributed by atoms with Gasteiger partial charge >= 0.3 is 0 Å². The fraction of sp³-hybridized carbons (Fsp3) is 0.316. The van der Waals surface area contributed by atoms with Gasteiger partial charge in [-0.3, -0.25) is 4.79 Å². The van der Waals surface area contributed by atoms with Gasteiger partial charge in [-0.2, -0.15) is 0 Å². The van der Waals surface area contributed by atoms with Crippen LogP contribution in [-0.2, 0) is 17.9 Å². The normalized spacial score (nSPS) is 11.8. The van der Waals surface area contributed by atoms with Gasteiger partial charge in [-0.25, -0.2) is 0 Å². The number of methoxy groups -OCH3 is 1. The van der Waals surface area contributed by atoms with Gasteiger partial charge in [0.05, 0.1) is 14.2 Å². The minimum atomic E-state index is 0.0131. The number of hydrogen-bond donors (Lipinski definition) is 2. The Morgan fingerprint density at radius 3 is 2.75 bits per heavy atom. The molecular formula is C19H24ClN2O2+. The summed E-state index contributed by atoms with van der Waals surface area (Å²) in [6.07, 6.45) is 0. The third-order valence-electron chi connectivity index (χ3n) is 3.77. The molecule has 2 aromatic rings. The molecule has 24 heavy (non-hydrogen) atoms. The zero-order valence-corrected chi connectivity index (χ0v) is 15.1. The number of hydrogen-bond acceptors (Lipinski definition) is 2. The molecule has 0 spiro atoms. The number of quaternary nitrogens is 1. The van der Waals surface area contributed by atoms with Crippen LogP contribution in [0.4, 0.5) is 0 Å². The van der Waals surface area contributed by atoms with Gasteiger partial charge in [-0.1, -0.05) is 35.4 Å². The Labute approximate surface area is 148 Å². The van der Waals surface area contributed by atoms with Crippen LogP contribution in [0.5, 0.6) is 5.75 Å². The summed E-state index contributed by atoms with van der Waals surface area (Å²) in [4.78, 5) is 13.2. The average Bonchev–Trinajstić information content (AvgIpc) is 2.53. The standard InChI is InChI=1S/C19H23ClN2O2/c1-14-7-8-18(24-3)16(9-14)12-22(2)13-19(23)21-11-15-5-4-6-17(20)10-15/h4-10H,11-13H2,1-3H3,(H,21,23)/p+1. The highest BCUT2D eigenvalue weighted by atomic mass is 35.5. The zero-order chi connectivity index (χ0) is 17.5. The second-order valence-corrected chi connectivity index (χ2v) is 6.47. The molecule has 2 N–H and O–H groups in total. The van der Waals surface area contributed by atoms with Gasteiger partial charge in [0, 0.05) is 17.1 Å². The Hall–Kier alpha value is -2.04. The number of amides is 1. The number of halogens is 1. The molecule has 0 fully saturated rings. The number of benzene rings is 2. The van der Waals surface area contributed by atoms with E-state index in [0.717, 1.165) is 28.3 Å². The first-order chi connectivity index (χ1) is 11.5. The number of rotatable bonds is 7. The molecule has 128 valence electrons. The molecular weight excluding hydrogens is 324 g/mol. The van der Waals surface area contributed by atoms with Crippen molar-refractivity contribution in [3.8, 4) is 5.75 Å². The maximum Gasteiger partial charge on any atom is 0.275 e. The topological polar surface area (TPSA) is 42.8 Å². The highest BCUT2D eigenvalue weighted by molar-refractivity contribution is 6.30. The first-order valence-corrected chi connectivity index (χ1v) is 8.31. The first kappa shape index (κ1) is 18.3. The molecule has 0 aliphatic carbocycles. The van der Waals surface area contributed by atoms with Crippen molar-refractivity contribution in [1.82, 2.24) is 5.32 Å². The van der Waals surface area contributed by atoms with Crippen molar-refractivity contribution in [3.63, 3.8) is 0 Å². The summed E-state index contributed by atoms with van der Waals surface area (Å²) in [5.74, 6) is 0.874. The highest BCUT2D eigenvalue weighted by Gasteiger charge is 2.13. The molecule has 5 heteroatoms. The molecule has 1 amide bonds. The van der Waals surface area contributed by atoms with Crippen LogP contribution in [0.3, 0.4) is 0 Å². The average molecular weight is 348 g/mol. The molecule has 0 aliphatic heterocycles. The van der Waals surface area contributed by atoms with Crippen molar-refractivity contribution in [1.29, 1.82) is 0 Å². The predicted octanol–water partition coefficient (Wildman–Crippen LogP) is 1.99. The molecule has 2 rings (SSSR count). The van der Waals surface area contributed by atoms with E-state index in [0.29, 0.717) is 18.1 Å². The van der Waals surface area contributed by atoms with Gasteiger partial charge in [-0.05, 0) is 36.8 Å². The van der Waals surface area contributed by atoms with Crippen LogP contribution in [-0.4, -0.2) is 26.6 Å². The van der Waals surface area contributed by atoms with Crippen LogP contribution in [0, 0.1) is 6.92 Å². The van der Waals surface area contributed by atoms with E-state index in [9.17, 15) is 4.79 Å². The lowest BCUT2D eigenvalue weighted by Gasteiger charge is -2.16. The summed E-state index contributed by atoms with van der Waals surface area (Å²) in [5, 5.41) is 3.61. The second kappa shape index (κ2) is 8.71. The molecule has 1 unspecified atom stereocenters. The number of likely N-dealkylation sites (N-methyl/N-ethyl adjacent to an activating group) is 1. The maximum atomic E-state index is 12.1. The monoisotopic (exact) mass is 347 g/mol. The van der Waals surface area contributed by atoms with Crippen molar-refractivity contribution in [2.45, 2.75) is 20.0 Å². The highest BCUT2D eigenvalue weighted by Crippen LogP contribution is 2.18. The Morgan fingerprint density at radius 1 is 1.25 bits per heavy atom. The van der Waals surface area contributed by atoms with E-state index in [1.165, 1.54) is 5.56 Å². The fourth-order valence-corrected chi connectivity index (χ4v) is 2.83. The third-order valence-corrected chi connectivity index (χ3v) is 4.00. The number of ether oxygens (including phenoxy) is 1. The van der Waals surface area contributed by atoms with Crippen LogP contribution < -0.4 is 15.0 Å². The Kier molecular flexibility index (Phi) is 6.64. The van der Waals surface area contributed by atoms with Gasteiger partial charge < -0.3 is 15.0 Å². The van der Waals surface area contributed by atoms with Crippen LogP contribution in [0.2, 0.25) is 5.02 Å². The van der Waals surface area contributed by atoms with Gasteiger partial charge in [0.25, 0.3) is 5.91 Å². The largest absolute Gasteiger partial charge is 0.496 e. The lowest BCUT2D eigenvalue weighted by molar-refractivity contribution is -0.885. The Balaban J connectivity index is 1.86. The molecule has 4 nitrogen and oxygen atoms in total. The van der Waals surface area contributed by atoms with Crippen molar-refractivity contribution >= 4 is 17.5 Å². The van der Waals surface area contributed by atoms with Crippen LogP contribution in [0.25, 0.3) is 0 Å². The Morgan fingerprint density at radius 2 is 2.04 bits per heavy atom. The summed E-state index contributed by atoms with van der Waals surface area (Å²) in [6, 6.07) is 13.6. The molecule has 2 aromatic carbocycles. The van der Waals surface area contributed by atoms with Gasteiger partial charge in [0.15, 0.2) is 6.54 Å². The second-order valence-electron chi connectivity index (χ2n) is 6.03. The molecule has 0 bridgehead atoms. The van der Waals surface area contributed by atoms with Gasteiger partial charge in [0.1, 0.15) is 12.3 Å². The number of carbonyl (C=O) groups is 1. The van der Waals surface area contributed by atoms with Gasteiger partial charge in [-0.15, -0.1) is 0 Å². The maximum absolute atomic E-state index is 12.1. The van der Waals surface area contributed by atoms with E-state index in [-0.39, 0.29) is 5.91 Å². The summed E-state index contributed by atoms with van der Waals surface area (Å²) in [7, 11) is 3.67. The summed E-state index contributed by atoms with van der Waals surface area (Å²) in [5.41, 5.74) is 3.29. The van der Waals surface area contributed by atoms with E-state index in [1.807, 2.05) is 43.4 Å². The first-order valence-electron chi connectivity index (χ1n) is 7.94. The molecule has 0 radical (unpaired) electrons.